The molecule has 2 nitrogen and oxygen atoms in total. The molecular weight excluding hydrogens is 183 g/mol. The van der Waals surface area contributed by atoms with Crippen LogP contribution in [-0.2, 0) is 5.41 Å². The number of carbonyl (C=O) groups is 1. The van der Waals surface area contributed by atoms with Crippen molar-refractivity contribution >= 4 is 6.29 Å². The van der Waals surface area contributed by atoms with Crippen LogP contribution in [0, 0.1) is 5.82 Å². The van der Waals surface area contributed by atoms with E-state index in [1.54, 1.807) is 13.8 Å². The van der Waals surface area contributed by atoms with Crippen molar-refractivity contribution in [1.82, 2.24) is 0 Å². The van der Waals surface area contributed by atoms with Gasteiger partial charge in [0.25, 0.3) is 0 Å². The van der Waals surface area contributed by atoms with Crippen LogP contribution in [0.4, 0.5) is 4.39 Å². The molecule has 0 saturated heterocycles. The molecule has 1 aromatic carbocycles. The molecule has 1 N–H and O–H groups in total. The van der Waals surface area contributed by atoms with Crippen molar-refractivity contribution in [2.24, 2.45) is 0 Å². The van der Waals surface area contributed by atoms with Crippen molar-refractivity contribution in [3.8, 4) is 0 Å². The number of rotatable bonds is 3. The topological polar surface area (TPSA) is 37.3 Å². The zero-order valence-electron chi connectivity index (χ0n) is 8.25. The molecule has 0 aromatic heterocycles. The number of hydrogen-bond donors (Lipinski definition) is 1. The van der Waals surface area contributed by atoms with E-state index in [2.05, 4.69) is 0 Å². The van der Waals surface area contributed by atoms with Gasteiger partial charge in [-0.15, -0.1) is 0 Å². The molecule has 0 aliphatic heterocycles. The van der Waals surface area contributed by atoms with Gasteiger partial charge in [0.05, 0.1) is 6.61 Å². The summed E-state index contributed by atoms with van der Waals surface area (Å²) in [5.41, 5.74) is 0.360. The van der Waals surface area contributed by atoms with Gasteiger partial charge in [-0.2, -0.15) is 0 Å². The third-order valence-electron chi connectivity index (χ3n) is 2.27. The van der Waals surface area contributed by atoms with Crippen LogP contribution in [0.1, 0.15) is 29.8 Å². The Morgan fingerprint density at radius 2 is 2.14 bits per heavy atom. The lowest BCUT2D eigenvalue weighted by Gasteiger charge is -2.23. The molecular formula is C11H13FO2. The van der Waals surface area contributed by atoms with E-state index in [1.807, 2.05) is 0 Å². The number of carbonyl (C=O) groups excluding carboxylic acids is 1. The van der Waals surface area contributed by atoms with Gasteiger partial charge in [0.2, 0.25) is 0 Å². The molecule has 0 amide bonds. The lowest BCUT2D eigenvalue weighted by Crippen LogP contribution is -2.24. The maximum absolute atomic E-state index is 13.0. The Morgan fingerprint density at radius 3 is 2.64 bits per heavy atom. The van der Waals surface area contributed by atoms with Crippen molar-refractivity contribution in [1.29, 1.82) is 0 Å². The summed E-state index contributed by atoms with van der Waals surface area (Å²) in [6.07, 6.45) is 0.673. The fourth-order valence-corrected chi connectivity index (χ4v) is 1.30. The van der Waals surface area contributed by atoms with Gasteiger partial charge in [0, 0.05) is 11.0 Å². The van der Waals surface area contributed by atoms with Crippen molar-refractivity contribution in [2.45, 2.75) is 19.3 Å². The van der Waals surface area contributed by atoms with Gasteiger partial charge in [-0.1, -0.05) is 13.8 Å². The molecule has 0 radical (unpaired) electrons. The number of hydrogen-bond acceptors (Lipinski definition) is 2. The van der Waals surface area contributed by atoms with Crippen LogP contribution in [0.2, 0.25) is 0 Å². The number of aliphatic hydroxyl groups is 1. The summed E-state index contributed by atoms with van der Waals surface area (Å²) in [6, 6.07) is 3.95. The molecule has 0 aliphatic rings. The molecule has 0 aliphatic carbocycles. The standard InChI is InChI=1S/C11H13FO2/c1-11(2,7-14)10-5-9(12)4-3-8(10)6-13/h3-6,14H,7H2,1-2H3. The number of benzene rings is 1. The van der Waals surface area contributed by atoms with Gasteiger partial charge in [-0.3, -0.25) is 4.79 Å². The Labute approximate surface area is 82.4 Å². The summed E-state index contributed by atoms with van der Waals surface area (Å²) in [5, 5.41) is 9.12. The minimum atomic E-state index is -0.599. The highest BCUT2D eigenvalue weighted by molar-refractivity contribution is 5.78. The van der Waals surface area contributed by atoms with Crippen LogP contribution in [0.25, 0.3) is 0 Å². The minimum Gasteiger partial charge on any atom is -0.395 e. The van der Waals surface area contributed by atoms with Crippen molar-refractivity contribution in [2.75, 3.05) is 6.61 Å². The molecule has 1 rings (SSSR count). The first-order valence-corrected chi connectivity index (χ1v) is 4.37. The Balaban J connectivity index is 3.30. The molecule has 3 heteroatoms. The van der Waals surface area contributed by atoms with E-state index in [1.165, 1.54) is 18.2 Å². The van der Waals surface area contributed by atoms with Gasteiger partial charge in [0.1, 0.15) is 12.1 Å². The van der Waals surface area contributed by atoms with Crippen LogP contribution in [-0.4, -0.2) is 18.0 Å². The highest BCUT2D eigenvalue weighted by atomic mass is 19.1. The van der Waals surface area contributed by atoms with E-state index < -0.39 is 11.2 Å². The Bertz CT molecular complexity index is 345. The maximum atomic E-state index is 13.0. The number of aliphatic hydroxyl groups excluding tert-OH is 1. The van der Waals surface area contributed by atoms with Crippen LogP contribution >= 0.6 is 0 Å². The van der Waals surface area contributed by atoms with E-state index in [4.69, 9.17) is 5.11 Å². The van der Waals surface area contributed by atoms with Gasteiger partial charge in [-0.05, 0) is 23.8 Å². The second-order valence-corrected chi connectivity index (χ2v) is 3.89. The van der Waals surface area contributed by atoms with E-state index >= 15 is 0 Å². The zero-order valence-corrected chi connectivity index (χ0v) is 8.25. The predicted molar refractivity (Wildman–Crippen MR) is 51.9 cm³/mol. The molecule has 0 bridgehead atoms. The Hall–Kier alpha value is -1.22. The zero-order chi connectivity index (χ0) is 10.8. The Morgan fingerprint density at radius 1 is 1.50 bits per heavy atom. The van der Waals surface area contributed by atoms with Crippen LogP contribution in [0.15, 0.2) is 18.2 Å². The van der Waals surface area contributed by atoms with E-state index in [-0.39, 0.29) is 6.61 Å². The molecule has 76 valence electrons. The summed E-state index contributed by atoms with van der Waals surface area (Å²) >= 11 is 0. The monoisotopic (exact) mass is 196 g/mol. The van der Waals surface area contributed by atoms with Gasteiger partial charge in [-0.25, -0.2) is 4.39 Å². The predicted octanol–water partition coefficient (Wildman–Crippen LogP) is 1.91. The van der Waals surface area contributed by atoms with Crippen molar-refractivity contribution in [3.05, 3.63) is 35.1 Å². The van der Waals surface area contributed by atoms with Crippen molar-refractivity contribution in [3.63, 3.8) is 0 Å². The normalized spacial score (nSPS) is 11.4. The SMILES string of the molecule is CC(C)(CO)c1cc(F)ccc1C=O. The minimum absolute atomic E-state index is 0.128. The summed E-state index contributed by atoms with van der Waals surface area (Å²) < 4.78 is 13.0. The summed E-state index contributed by atoms with van der Waals surface area (Å²) in [4.78, 5) is 10.7. The first-order chi connectivity index (χ1) is 6.51. The molecule has 0 unspecified atom stereocenters. The molecule has 0 fully saturated rings. The van der Waals surface area contributed by atoms with Crippen LogP contribution in [0.3, 0.4) is 0 Å². The molecule has 0 saturated carbocycles. The highest BCUT2D eigenvalue weighted by Gasteiger charge is 2.22. The van der Waals surface area contributed by atoms with Gasteiger partial charge < -0.3 is 5.11 Å². The van der Waals surface area contributed by atoms with E-state index in [0.717, 1.165) is 0 Å². The maximum Gasteiger partial charge on any atom is 0.150 e. The van der Waals surface area contributed by atoms with E-state index in [0.29, 0.717) is 17.4 Å². The quantitative estimate of drug-likeness (QED) is 0.750. The first kappa shape index (κ1) is 10.9. The highest BCUT2D eigenvalue weighted by Crippen LogP contribution is 2.25. The number of halogens is 1. The molecule has 0 heterocycles. The molecule has 0 atom stereocenters. The van der Waals surface area contributed by atoms with Crippen molar-refractivity contribution < 1.29 is 14.3 Å². The second-order valence-electron chi connectivity index (χ2n) is 3.89. The fraction of sp³-hybridized carbons (Fsp3) is 0.364. The molecule has 1 aromatic rings. The number of aldehydes is 1. The first-order valence-electron chi connectivity index (χ1n) is 4.37. The van der Waals surface area contributed by atoms with Crippen LogP contribution in [0.5, 0.6) is 0 Å². The smallest absolute Gasteiger partial charge is 0.150 e. The lowest BCUT2D eigenvalue weighted by molar-refractivity contribution is 0.112. The average Bonchev–Trinajstić information content (AvgIpc) is 2.18. The summed E-state index contributed by atoms with van der Waals surface area (Å²) in [7, 11) is 0. The van der Waals surface area contributed by atoms with E-state index in [9.17, 15) is 9.18 Å². The largest absolute Gasteiger partial charge is 0.395 e. The average molecular weight is 196 g/mol. The summed E-state index contributed by atoms with van der Waals surface area (Å²) in [6.45, 7) is 3.39. The molecule has 14 heavy (non-hydrogen) atoms. The van der Waals surface area contributed by atoms with Gasteiger partial charge >= 0.3 is 0 Å². The summed E-state index contributed by atoms with van der Waals surface area (Å²) in [5.74, 6) is -0.396. The van der Waals surface area contributed by atoms with Crippen LogP contribution < -0.4 is 0 Å². The van der Waals surface area contributed by atoms with Gasteiger partial charge in [0.15, 0.2) is 0 Å². The Kier molecular flexibility index (Phi) is 3.01. The third kappa shape index (κ3) is 1.99. The second kappa shape index (κ2) is 3.88. The lowest BCUT2D eigenvalue weighted by atomic mass is 9.83. The molecule has 0 spiro atoms. The fourth-order valence-electron chi connectivity index (χ4n) is 1.30. The third-order valence-corrected chi connectivity index (χ3v) is 2.27.